The molecule has 34 heavy (non-hydrogen) atoms. The number of nitrogens with zero attached hydrogens (tertiary/aromatic N) is 2. The number of hydrogen-bond donors (Lipinski definition) is 1. The van der Waals surface area contributed by atoms with Crippen LogP contribution in [0.25, 0.3) is 5.69 Å². The molecule has 6 nitrogen and oxygen atoms in total. The number of aryl methyl sites for hydroxylation is 1. The first-order valence-corrected chi connectivity index (χ1v) is 10.7. The quantitative estimate of drug-likeness (QED) is 0.487. The Morgan fingerprint density at radius 2 is 1.85 bits per heavy atom. The van der Waals surface area contributed by atoms with E-state index in [0.717, 1.165) is 35.0 Å². The van der Waals surface area contributed by atoms with E-state index in [4.69, 9.17) is 11.6 Å². The van der Waals surface area contributed by atoms with Crippen molar-refractivity contribution in [1.82, 2.24) is 14.5 Å². The molecule has 0 saturated heterocycles. The van der Waals surface area contributed by atoms with E-state index < -0.39 is 40.3 Å². The smallest absolute Gasteiger partial charge is 0.348 e. The zero-order chi connectivity index (χ0) is 25.0. The monoisotopic (exact) mass is 497 g/mol. The summed E-state index contributed by atoms with van der Waals surface area (Å²) >= 11 is 5.96. The van der Waals surface area contributed by atoms with Gasteiger partial charge < -0.3 is 5.32 Å². The molecule has 0 aliphatic carbocycles. The number of unbranched alkanes of at least 4 members (excludes halogenated alkanes) is 1. The van der Waals surface area contributed by atoms with Crippen LogP contribution in [-0.4, -0.2) is 15.0 Å². The number of halogens is 5. The first-order chi connectivity index (χ1) is 16.0. The van der Waals surface area contributed by atoms with Crippen LogP contribution in [0.3, 0.4) is 0 Å². The number of carbonyl (C=O) groups excluding carboxylic acids is 1. The van der Waals surface area contributed by atoms with Crippen molar-refractivity contribution in [2.24, 2.45) is 0 Å². The molecule has 0 radical (unpaired) electrons. The molecule has 1 N–H and O–H groups in total. The molecule has 0 aliphatic rings. The number of amides is 1. The van der Waals surface area contributed by atoms with Gasteiger partial charge in [-0.1, -0.05) is 37.1 Å². The van der Waals surface area contributed by atoms with Crippen LogP contribution in [0.2, 0.25) is 5.02 Å². The first-order valence-electron chi connectivity index (χ1n) is 10.3. The second kappa shape index (κ2) is 10.3. The van der Waals surface area contributed by atoms with Gasteiger partial charge in [-0.2, -0.15) is 13.2 Å². The van der Waals surface area contributed by atoms with Crippen molar-refractivity contribution in [2.45, 2.75) is 39.0 Å². The highest BCUT2D eigenvalue weighted by molar-refractivity contribution is 6.31. The fraction of sp³-hybridized carbons (Fsp3) is 0.261. The van der Waals surface area contributed by atoms with E-state index >= 15 is 0 Å². The van der Waals surface area contributed by atoms with Crippen molar-refractivity contribution in [3.05, 3.63) is 97.0 Å². The number of aromatic nitrogens is 2. The molecule has 180 valence electrons. The third kappa shape index (κ3) is 5.56. The molecule has 0 atom stereocenters. The number of rotatable bonds is 7. The second-order valence-electron chi connectivity index (χ2n) is 7.48. The molecule has 0 fully saturated rings. The lowest BCUT2D eigenvalue weighted by Crippen LogP contribution is -2.43. The standard InChI is InChI=1S/C23H20ClF4N3O3/c1-2-3-9-30-13-18(20(32)29-12-14-7-8-16(25)11-19(14)24)21(33)31(22(30)34)17-6-4-5-15(10-17)23(26,27)28/h4-8,10-11,13H,2-3,9,12H2,1H3,(H,29,32). The Bertz CT molecular complexity index is 1330. The van der Waals surface area contributed by atoms with Crippen LogP contribution in [0, 0.1) is 5.82 Å². The molecule has 3 rings (SSSR count). The van der Waals surface area contributed by atoms with Gasteiger partial charge in [0.1, 0.15) is 11.4 Å². The minimum atomic E-state index is -4.69. The van der Waals surface area contributed by atoms with Crippen LogP contribution < -0.4 is 16.6 Å². The molecule has 1 amide bonds. The Morgan fingerprint density at radius 1 is 1.12 bits per heavy atom. The summed E-state index contributed by atoms with van der Waals surface area (Å²) in [6.07, 6.45) is -2.37. The van der Waals surface area contributed by atoms with E-state index in [1.807, 2.05) is 6.92 Å². The van der Waals surface area contributed by atoms with Crippen LogP contribution in [0.4, 0.5) is 17.6 Å². The molecule has 1 aromatic heterocycles. The predicted octanol–water partition coefficient (Wildman–Crippen LogP) is 4.54. The molecule has 3 aromatic rings. The van der Waals surface area contributed by atoms with Crippen molar-refractivity contribution in [2.75, 3.05) is 0 Å². The highest BCUT2D eigenvalue weighted by Gasteiger charge is 2.31. The van der Waals surface area contributed by atoms with Crippen molar-refractivity contribution in [1.29, 1.82) is 0 Å². The largest absolute Gasteiger partial charge is 0.416 e. The van der Waals surface area contributed by atoms with Crippen LogP contribution in [0.15, 0.2) is 58.3 Å². The predicted molar refractivity (Wildman–Crippen MR) is 119 cm³/mol. The van der Waals surface area contributed by atoms with E-state index in [0.29, 0.717) is 29.0 Å². The average Bonchev–Trinajstić information content (AvgIpc) is 2.77. The van der Waals surface area contributed by atoms with Gasteiger partial charge in [-0.05, 0) is 42.3 Å². The van der Waals surface area contributed by atoms with Gasteiger partial charge in [0.05, 0.1) is 11.3 Å². The van der Waals surface area contributed by atoms with Crippen LogP contribution in [0.1, 0.15) is 41.3 Å². The van der Waals surface area contributed by atoms with Gasteiger partial charge in [0.25, 0.3) is 11.5 Å². The first kappa shape index (κ1) is 25.2. The molecule has 0 unspecified atom stereocenters. The van der Waals surface area contributed by atoms with E-state index in [1.54, 1.807) is 0 Å². The summed E-state index contributed by atoms with van der Waals surface area (Å²) in [6.45, 7) is 1.88. The molecule has 2 aromatic carbocycles. The van der Waals surface area contributed by atoms with Gasteiger partial charge in [-0.25, -0.2) is 13.8 Å². The number of hydrogen-bond acceptors (Lipinski definition) is 3. The van der Waals surface area contributed by atoms with Gasteiger partial charge in [-0.3, -0.25) is 14.2 Å². The third-order valence-corrected chi connectivity index (χ3v) is 5.39. The van der Waals surface area contributed by atoms with Crippen molar-refractivity contribution < 1.29 is 22.4 Å². The number of nitrogens with one attached hydrogen (secondary N) is 1. The summed E-state index contributed by atoms with van der Waals surface area (Å²) in [7, 11) is 0. The Hall–Kier alpha value is -3.40. The topological polar surface area (TPSA) is 73.1 Å². The molecular weight excluding hydrogens is 478 g/mol. The Balaban J connectivity index is 2.06. The Morgan fingerprint density at radius 3 is 2.50 bits per heavy atom. The number of alkyl halides is 3. The third-order valence-electron chi connectivity index (χ3n) is 5.04. The molecule has 0 aliphatic heterocycles. The van der Waals surface area contributed by atoms with E-state index in [9.17, 15) is 31.9 Å². The van der Waals surface area contributed by atoms with Gasteiger partial charge >= 0.3 is 11.9 Å². The maximum Gasteiger partial charge on any atom is 0.416 e. The fourth-order valence-corrected chi connectivity index (χ4v) is 3.47. The zero-order valence-corrected chi connectivity index (χ0v) is 18.7. The molecule has 11 heteroatoms. The average molecular weight is 498 g/mol. The summed E-state index contributed by atoms with van der Waals surface area (Å²) in [5.74, 6) is -1.43. The molecule has 0 bridgehead atoms. The summed E-state index contributed by atoms with van der Waals surface area (Å²) in [6, 6.07) is 7.32. The van der Waals surface area contributed by atoms with Crippen LogP contribution in [0.5, 0.6) is 0 Å². The summed E-state index contributed by atoms with van der Waals surface area (Å²) in [4.78, 5) is 38.8. The normalized spacial score (nSPS) is 11.5. The van der Waals surface area contributed by atoms with Crippen LogP contribution in [-0.2, 0) is 19.3 Å². The lowest BCUT2D eigenvalue weighted by molar-refractivity contribution is -0.137. The zero-order valence-electron chi connectivity index (χ0n) is 18.0. The molecule has 1 heterocycles. The van der Waals surface area contributed by atoms with Crippen molar-refractivity contribution in [3.8, 4) is 5.69 Å². The number of benzene rings is 2. The molecule has 0 saturated carbocycles. The van der Waals surface area contributed by atoms with Crippen molar-refractivity contribution >= 4 is 17.5 Å². The Kier molecular flexibility index (Phi) is 7.61. The summed E-state index contributed by atoms with van der Waals surface area (Å²) in [5.41, 5.74) is -3.35. The maximum absolute atomic E-state index is 13.2. The number of carbonyl (C=O) groups is 1. The second-order valence-corrected chi connectivity index (χ2v) is 7.89. The van der Waals surface area contributed by atoms with Gasteiger partial charge in [0.15, 0.2) is 0 Å². The lowest BCUT2D eigenvalue weighted by Gasteiger charge is -2.15. The lowest BCUT2D eigenvalue weighted by atomic mass is 10.2. The van der Waals surface area contributed by atoms with E-state index in [2.05, 4.69) is 5.32 Å². The van der Waals surface area contributed by atoms with E-state index in [1.165, 1.54) is 12.1 Å². The van der Waals surface area contributed by atoms with Gasteiger partial charge in [-0.15, -0.1) is 0 Å². The maximum atomic E-state index is 13.2. The highest BCUT2D eigenvalue weighted by atomic mass is 35.5. The minimum absolute atomic E-state index is 0.0644. The minimum Gasteiger partial charge on any atom is -0.348 e. The fourth-order valence-electron chi connectivity index (χ4n) is 3.23. The van der Waals surface area contributed by atoms with E-state index in [-0.39, 0.29) is 23.8 Å². The highest BCUT2D eigenvalue weighted by Crippen LogP contribution is 2.30. The molecular formula is C23H20ClF4N3O3. The summed E-state index contributed by atoms with van der Waals surface area (Å²) < 4.78 is 54.5. The van der Waals surface area contributed by atoms with Crippen LogP contribution >= 0.6 is 11.6 Å². The Labute approximate surface area is 196 Å². The van der Waals surface area contributed by atoms with Gasteiger partial charge in [0, 0.05) is 24.3 Å². The van der Waals surface area contributed by atoms with Gasteiger partial charge in [0.2, 0.25) is 0 Å². The summed E-state index contributed by atoms with van der Waals surface area (Å²) in [5, 5.41) is 2.54. The van der Waals surface area contributed by atoms with Crippen molar-refractivity contribution in [3.63, 3.8) is 0 Å². The molecule has 0 spiro atoms. The SMILES string of the molecule is CCCCn1cc(C(=O)NCc2ccc(F)cc2Cl)c(=O)n(-c2cccc(C(F)(F)F)c2)c1=O.